The van der Waals surface area contributed by atoms with Gasteiger partial charge in [0.1, 0.15) is 5.92 Å². The van der Waals surface area contributed by atoms with Crippen molar-refractivity contribution in [1.29, 1.82) is 0 Å². The number of carbonyl (C=O) groups excluding carboxylic acids is 2. The summed E-state index contributed by atoms with van der Waals surface area (Å²) < 4.78 is 0. The van der Waals surface area contributed by atoms with E-state index in [-0.39, 0.29) is 17.9 Å². The first-order valence-electron chi connectivity index (χ1n) is 6.40. The molecule has 1 saturated carbocycles. The van der Waals surface area contributed by atoms with Gasteiger partial charge in [0.2, 0.25) is 17.8 Å². The highest BCUT2D eigenvalue weighted by Gasteiger charge is 2.36. The molecule has 19 heavy (non-hydrogen) atoms. The van der Waals surface area contributed by atoms with Crippen molar-refractivity contribution in [3.05, 3.63) is 35.4 Å². The summed E-state index contributed by atoms with van der Waals surface area (Å²) in [6.45, 7) is 1.89. The van der Waals surface area contributed by atoms with Gasteiger partial charge in [-0.25, -0.2) is 4.99 Å². The molecule has 5 heteroatoms. The molecule has 0 bridgehead atoms. The van der Waals surface area contributed by atoms with Crippen molar-refractivity contribution in [2.75, 3.05) is 0 Å². The Bertz CT molecular complexity index is 556. The lowest BCUT2D eigenvalue weighted by Crippen LogP contribution is -2.55. The van der Waals surface area contributed by atoms with Crippen LogP contribution >= 0.6 is 0 Å². The molecule has 2 fully saturated rings. The van der Waals surface area contributed by atoms with Crippen molar-refractivity contribution in [3.63, 3.8) is 0 Å². The van der Waals surface area contributed by atoms with Gasteiger partial charge in [0.05, 0.1) is 6.04 Å². The number of hydrogen-bond donors (Lipinski definition) is 2. The minimum absolute atomic E-state index is 0.255. The van der Waals surface area contributed by atoms with E-state index in [2.05, 4.69) is 15.6 Å². The number of aliphatic imine (C=N–C) groups is 1. The number of nitrogens with zero attached hydrogens (tertiary/aromatic N) is 1. The molecule has 0 spiro atoms. The number of hydrogen-bond acceptors (Lipinski definition) is 3. The SMILES string of the molecule is Cc1ccccc1C1C(=O)NC(=NC2CC2)NC1=O. The Morgan fingerprint density at radius 2 is 1.74 bits per heavy atom. The van der Waals surface area contributed by atoms with Gasteiger partial charge in [0.25, 0.3) is 0 Å². The summed E-state index contributed by atoms with van der Waals surface area (Å²) >= 11 is 0. The van der Waals surface area contributed by atoms with E-state index in [0.717, 1.165) is 24.0 Å². The lowest BCUT2D eigenvalue weighted by Gasteiger charge is -2.24. The molecular formula is C14H15N3O2. The highest BCUT2D eigenvalue weighted by molar-refractivity contribution is 6.20. The molecule has 1 heterocycles. The Morgan fingerprint density at radius 3 is 2.32 bits per heavy atom. The second kappa shape index (κ2) is 4.50. The van der Waals surface area contributed by atoms with Gasteiger partial charge in [-0.2, -0.15) is 0 Å². The maximum absolute atomic E-state index is 12.1. The fourth-order valence-electron chi connectivity index (χ4n) is 2.17. The monoisotopic (exact) mass is 257 g/mol. The molecule has 98 valence electrons. The van der Waals surface area contributed by atoms with Crippen molar-refractivity contribution in [2.45, 2.75) is 31.7 Å². The summed E-state index contributed by atoms with van der Waals surface area (Å²) in [6, 6.07) is 7.67. The smallest absolute Gasteiger partial charge is 0.243 e. The van der Waals surface area contributed by atoms with Crippen molar-refractivity contribution >= 4 is 17.8 Å². The van der Waals surface area contributed by atoms with E-state index in [4.69, 9.17) is 0 Å². The number of guanidine groups is 1. The predicted molar refractivity (Wildman–Crippen MR) is 70.7 cm³/mol. The van der Waals surface area contributed by atoms with Gasteiger partial charge in [-0.1, -0.05) is 24.3 Å². The Hall–Kier alpha value is -2.17. The van der Waals surface area contributed by atoms with Crippen LogP contribution in [-0.4, -0.2) is 23.8 Å². The van der Waals surface area contributed by atoms with E-state index < -0.39 is 5.92 Å². The van der Waals surface area contributed by atoms with Gasteiger partial charge >= 0.3 is 0 Å². The highest BCUT2D eigenvalue weighted by Crippen LogP contribution is 2.25. The summed E-state index contributed by atoms with van der Waals surface area (Å²) in [6.07, 6.45) is 2.05. The minimum Gasteiger partial charge on any atom is -0.295 e. The molecule has 5 nitrogen and oxygen atoms in total. The summed E-state index contributed by atoms with van der Waals surface area (Å²) in [4.78, 5) is 28.5. The summed E-state index contributed by atoms with van der Waals surface area (Å²) in [7, 11) is 0. The number of aryl methyl sites for hydroxylation is 1. The van der Waals surface area contributed by atoms with Crippen molar-refractivity contribution in [3.8, 4) is 0 Å². The first kappa shape index (κ1) is 11.9. The Kier molecular flexibility index (Phi) is 2.81. The number of carbonyl (C=O) groups is 2. The van der Waals surface area contributed by atoms with E-state index in [1.54, 1.807) is 0 Å². The standard InChI is InChI=1S/C14H15N3O2/c1-8-4-2-3-5-10(8)11-12(18)16-14(17-13(11)19)15-9-6-7-9/h2-5,9,11H,6-7H2,1H3,(H2,15,16,17,18,19). The molecule has 0 radical (unpaired) electrons. The number of nitrogens with one attached hydrogen (secondary N) is 2. The van der Waals surface area contributed by atoms with Gasteiger partial charge in [-0.3, -0.25) is 20.2 Å². The lowest BCUT2D eigenvalue weighted by atomic mass is 9.92. The zero-order valence-corrected chi connectivity index (χ0v) is 10.6. The van der Waals surface area contributed by atoms with Gasteiger partial charge < -0.3 is 0 Å². The van der Waals surface area contributed by atoms with Crippen LogP contribution in [0.5, 0.6) is 0 Å². The fourth-order valence-corrected chi connectivity index (χ4v) is 2.17. The Morgan fingerprint density at radius 1 is 1.11 bits per heavy atom. The van der Waals surface area contributed by atoms with Crippen molar-refractivity contribution < 1.29 is 9.59 Å². The van der Waals surface area contributed by atoms with Crippen molar-refractivity contribution in [1.82, 2.24) is 10.6 Å². The Labute approximate surface area is 111 Å². The molecule has 1 saturated heterocycles. The van der Waals surface area contributed by atoms with Gasteiger partial charge in [-0.05, 0) is 30.9 Å². The van der Waals surface area contributed by atoms with Crippen LogP contribution in [0.4, 0.5) is 0 Å². The van der Waals surface area contributed by atoms with E-state index in [1.807, 2.05) is 31.2 Å². The van der Waals surface area contributed by atoms with Crippen LogP contribution in [-0.2, 0) is 9.59 Å². The van der Waals surface area contributed by atoms with Crippen LogP contribution in [0.2, 0.25) is 0 Å². The molecule has 1 aliphatic heterocycles. The second-order valence-corrected chi connectivity index (χ2v) is 4.98. The average Bonchev–Trinajstić information content (AvgIpc) is 3.14. The minimum atomic E-state index is -0.792. The maximum Gasteiger partial charge on any atom is 0.243 e. The zero-order valence-electron chi connectivity index (χ0n) is 10.6. The number of benzene rings is 1. The fraction of sp³-hybridized carbons (Fsp3) is 0.357. The molecule has 0 atom stereocenters. The van der Waals surface area contributed by atoms with Crippen LogP contribution in [0.1, 0.15) is 29.9 Å². The van der Waals surface area contributed by atoms with E-state index in [9.17, 15) is 9.59 Å². The van der Waals surface area contributed by atoms with Gasteiger partial charge in [-0.15, -0.1) is 0 Å². The van der Waals surface area contributed by atoms with Crippen LogP contribution < -0.4 is 10.6 Å². The number of amides is 2. The Balaban J connectivity index is 1.86. The third-order valence-corrected chi connectivity index (χ3v) is 3.37. The third kappa shape index (κ3) is 2.36. The van der Waals surface area contributed by atoms with Gasteiger partial charge in [0, 0.05) is 0 Å². The summed E-state index contributed by atoms with van der Waals surface area (Å²) in [5.74, 6) is -1.11. The van der Waals surface area contributed by atoms with Crippen LogP contribution in [0.3, 0.4) is 0 Å². The highest BCUT2D eigenvalue weighted by atomic mass is 16.2. The molecule has 2 amide bonds. The quantitative estimate of drug-likeness (QED) is 0.771. The summed E-state index contributed by atoms with van der Waals surface area (Å²) in [5.41, 5.74) is 1.67. The second-order valence-electron chi connectivity index (χ2n) is 4.98. The molecular weight excluding hydrogens is 242 g/mol. The molecule has 2 N–H and O–H groups in total. The van der Waals surface area contributed by atoms with Crippen molar-refractivity contribution in [2.24, 2.45) is 4.99 Å². The predicted octanol–water partition coefficient (Wildman–Crippen LogP) is 0.843. The molecule has 0 aromatic heterocycles. The average molecular weight is 257 g/mol. The van der Waals surface area contributed by atoms with Crippen LogP contribution in [0, 0.1) is 6.92 Å². The maximum atomic E-state index is 12.1. The zero-order chi connectivity index (χ0) is 13.4. The van der Waals surface area contributed by atoms with E-state index in [0.29, 0.717) is 5.96 Å². The van der Waals surface area contributed by atoms with Gasteiger partial charge in [0.15, 0.2) is 0 Å². The van der Waals surface area contributed by atoms with Crippen LogP contribution in [0.15, 0.2) is 29.3 Å². The molecule has 0 unspecified atom stereocenters. The lowest BCUT2D eigenvalue weighted by molar-refractivity contribution is -0.131. The molecule has 1 aromatic carbocycles. The number of rotatable bonds is 2. The molecule has 3 rings (SSSR count). The topological polar surface area (TPSA) is 70.6 Å². The van der Waals surface area contributed by atoms with E-state index >= 15 is 0 Å². The van der Waals surface area contributed by atoms with Crippen LogP contribution in [0.25, 0.3) is 0 Å². The summed E-state index contributed by atoms with van der Waals surface area (Å²) in [5, 5.41) is 5.35. The van der Waals surface area contributed by atoms with E-state index in [1.165, 1.54) is 0 Å². The first-order chi connectivity index (χ1) is 9.15. The third-order valence-electron chi connectivity index (χ3n) is 3.37. The molecule has 2 aliphatic rings. The normalized spacial score (nSPS) is 22.8. The first-order valence-corrected chi connectivity index (χ1v) is 6.40. The molecule has 1 aromatic rings. The molecule has 1 aliphatic carbocycles. The largest absolute Gasteiger partial charge is 0.295 e.